The molecule has 5 aliphatic rings. The molecule has 0 amide bonds. The van der Waals surface area contributed by atoms with Gasteiger partial charge < -0.3 is 14.2 Å². The van der Waals surface area contributed by atoms with Gasteiger partial charge in [-0.1, -0.05) is 13.8 Å². The van der Waals surface area contributed by atoms with Gasteiger partial charge >= 0.3 is 5.97 Å². The van der Waals surface area contributed by atoms with E-state index < -0.39 is 17.7 Å². The number of hydrogen-bond donors (Lipinski definition) is 0. The van der Waals surface area contributed by atoms with Crippen molar-refractivity contribution in [2.45, 2.75) is 69.6 Å². The molecule has 1 spiro atoms. The Morgan fingerprint density at radius 2 is 2.00 bits per heavy atom. The van der Waals surface area contributed by atoms with Gasteiger partial charge in [0.1, 0.15) is 5.44 Å². The Bertz CT molecular complexity index is 544. The zero-order chi connectivity index (χ0) is 17.8. The second kappa shape index (κ2) is 6.37. The molecule has 5 rings (SSSR count). The third kappa shape index (κ3) is 2.74. The van der Waals surface area contributed by atoms with Crippen molar-refractivity contribution in [1.82, 2.24) is 0 Å². The van der Waals surface area contributed by atoms with Gasteiger partial charge in [0.2, 0.25) is 5.79 Å². The standard InChI is InChI=1S/C18H28O6S/c1-10-5-6-13-11(2)15(25-9-14(19)20-4)21-16-18(13)12(10)7-8-17(3,22-16)23-24-18/h10-13,15-16H,5-9H2,1-4H3/t10-,11-,12+,13+,15+,16-,17-,18-/m1/s1. The molecule has 5 fully saturated rings. The molecule has 1 saturated carbocycles. The highest BCUT2D eigenvalue weighted by atomic mass is 32.2. The quantitative estimate of drug-likeness (QED) is 0.557. The minimum absolute atomic E-state index is 0.111. The van der Waals surface area contributed by atoms with Gasteiger partial charge in [-0.25, -0.2) is 9.78 Å². The molecule has 0 aromatic carbocycles. The van der Waals surface area contributed by atoms with E-state index >= 15 is 0 Å². The second-order valence-electron chi connectivity index (χ2n) is 8.16. The first-order valence-corrected chi connectivity index (χ1v) is 10.3. The lowest BCUT2D eigenvalue weighted by Crippen LogP contribution is -2.70. The zero-order valence-corrected chi connectivity index (χ0v) is 16.2. The summed E-state index contributed by atoms with van der Waals surface area (Å²) >= 11 is 1.50. The van der Waals surface area contributed by atoms with Crippen molar-refractivity contribution in [3.8, 4) is 0 Å². The van der Waals surface area contributed by atoms with E-state index in [0.29, 0.717) is 17.8 Å². The van der Waals surface area contributed by atoms with E-state index in [9.17, 15) is 4.79 Å². The molecule has 4 saturated heterocycles. The predicted octanol–water partition coefficient (Wildman–Crippen LogP) is 3.10. The number of carbonyl (C=O) groups is 1. The van der Waals surface area contributed by atoms with Crippen molar-refractivity contribution < 1.29 is 28.8 Å². The number of rotatable bonds is 3. The Labute approximate surface area is 153 Å². The molecule has 0 N–H and O–H groups in total. The topological polar surface area (TPSA) is 63.2 Å². The van der Waals surface area contributed by atoms with Gasteiger partial charge in [0, 0.05) is 12.3 Å². The first-order chi connectivity index (χ1) is 11.9. The van der Waals surface area contributed by atoms with Crippen molar-refractivity contribution in [2.75, 3.05) is 12.9 Å². The van der Waals surface area contributed by atoms with Crippen LogP contribution in [0.15, 0.2) is 0 Å². The highest BCUT2D eigenvalue weighted by Gasteiger charge is 2.69. The Hall–Kier alpha value is -0.340. The maximum atomic E-state index is 11.6. The molecule has 4 heterocycles. The largest absolute Gasteiger partial charge is 0.468 e. The van der Waals surface area contributed by atoms with Crippen LogP contribution in [0.2, 0.25) is 0 Å². The molecule has 0 unspecified atom stereocenters. The minimum atomic E-state index is -0.754. The monoisotopic (exact) mass is 372 g/mol. The predicted molar refractivity (Wildman–Crippen MR) is 91.3 cm³/mol. The molecular formula is C18H28O6S. The van der Waals surface area contributed by atoms with Crippen LogP contribution in [-0.4, -0.2) is 41.9 Å². The average molecular weight is 372 g/mol. The number of thioether (sulfide) groups is 1. The molecule has 1 aliphatic carbocycles. The third-order valence-corrected chi connectivity index (χ3v) is 7.96. The SMILES string of the molecule is COC(=O)CS[C@@H]1O[C@@H]2O[C@@]3(C)CC[C@H]4[C@H](C)CC[C@@H]([C@H]1C)[C@@]24OO3. The summed E-state index contributed by atoms with van der Waals surface area (Å²) in [5.74, 6) is 0.769. The summed E-state index contributed by atoms with van der Waals surface area (Å²) in [7, 11) is 1.41. The molecule has 4 aliphatic heterocycles. The van der Waals surface area contributed by atoms with Crippen molar-refractivity contribution in [1.29, 1.82) is 0 Å². The highest BCUT2D eigenvalue weighted by molar-refractivity contribution is 8.00. The van der Waals surface area contributed by atoms with Gasteiger partial charge in [0.15, 0.2) is 11.9 Å². The van der Waals surface area contributed by atoms with Gasteiger partial charge in [0.05, 0.1) is 12.9 Å². The summed E-state index contributed by atoms with van der Waals surface area (Å²) in [6.07, 6.45) is 3.64. The fraction of sp³-hybridized carbons (Fsp3) is 0.944. The lowest BCUT2D eigenvalue weighted by molar-refractivity contribution is -0.568. The number of ether oxygens (including phenoxy) is 3. The highest BCUT2D eigenvalue weighted by Crippen LogP contribution is 2.61. The first-order valence-electron chi connectivity index (χ1n) is 9.28. The molecule has 0 aromatic heterocycles. The number of fused-ring (bicyclic) bond motifs is 2. The average Bonchev–Trinajstić information content (AvgIpc) is 2.82. The number of carbonyl (C=O) groups excluding carboxylic acids is 1. The lowest BCUT2D eigenvalue weighted by Gasteiger charge is -2.60. The Kier molecular flexibility index (Phi) is 4.60. The van der Waals surface area contributed by atoms with Crippen LogP contribution >= 0.6 is 11.8 Å². The molecule has 142 valence electrons. The summed E-state index contributed by atoms with van der Waals surface area (Å²) in [5, 5.41) is 0. The van der Waals surface area contributed by atoms with Crippen molar-refractivity contribution >= 4 is 17.7 Å². The number of esters is 1. The van der Waals surface area contributed by atoms with Crippen LogP contribution in [0, 0.1) is 23.7 Å². The van der Waals surface area contributed by atoms with Crippen LogP contribution in [0.4, 0.5) is 0 Å². The van der Waals surface area contributed by atoms with E-state index in [2.05, 4.69) is 13.8 Å². The van der Waals surface area contributed by atoms with Gasteiger partial charge in [-0.2, -0.15) is 0 Å². The zero-order valence-electron chi connectivity index (χ0n) is 15.4. The molecule has 6 nitrogen and oxygen atoms in total. The fourth-order valence-corrected chi connectivity index (χ4v) is 6.36. The molecule has 8 atom stereocenters. The molecule has 0 aromatic rings. The Morgan fingerprint density at radius 3 is 2.76 bits per heavy atom. The van der Waals surface area contributed by atoms with Crippen molar-refractivity contribution in [2.24, 2.45) is 23.7 Å². The van der Waals surface area contributed by atoms with E-state index in [1.54, 1.807) is 0 Å². The van der Waals surface area contributed by atoms with Gasteiger partial charge in [-0.15, -0.1) is 11.8 Å². The summed E-state index contributed by atoms with van der Waals surface area (Å²) in [4.78, 5) is 23.5. The summed E-state index contributed by atoms with van der Waals surface area (Å²) in [5.41, 5.74) is -0.643. The van der Waals surface area contributed by atoms with Gasteiger partial charge in [-0.05, 0) is 43.9 Å². The van der Waals surface area contributed by atoms with E-state index in [1.165, 1.54) is 25.3 Å². The summed E-state index contributed by atoms with van der Waals surface area (Å²) in [6, 6.07) is 0. The molecule has 25 heavy (non-hydrogen) atoms. The van der Waals surface area contributed by atoms with Gasteiger partial charge in [-0.3, -0.25) is 4.79 Å². The third-order valence-electron chi connectivity index (χ3n) is 6.69. The minimum Gasteiger partial charge on any atom is -0.468 e. The summed E-state index contributed by atoms with van der Waals surface area (Å²) in [6.45, 7) is 6.42. The first kappa shape index (κ1) is 18.0. The van der Waals surface area contributed by atoms with Crippen LogP contribution < -0.4 is 0 Å². The van der Waals surface area contributed by atoms with E-state index in [-0.39, 0.29) is 23.1 Å². The molecule has 2 bridgehead atoms. The van der Waals surface area contributed by atoms with Crippen LogP contribution in [0.25, 0.3) is 0 Å². The van der Waals surface area contributed by atoms with Crippen molar-refractivity contribution in [3.05, 3.63) is 0 Å². The smallest absolute Gasteiger partial charge is 0.315 e. The molecule has 0 radical (unpaired) electrons. The number of methoxy groups -OCH3 is 1. The lowest BCUT2D eigenvalue weighted by atomic mass is 9.58. The van der Waals surface area contributed by atoms with Gasteiger partial charge in [0.25, 0.3) is 0 Å². The Balaban J connectivity index is 1.64. The van der Waals surface area contributed by atoms with E-state index in [0.717, 1.165) is 19.3 Å². The normalized spacial score (nSPS) is 51.5. The number of hydrogen-bond acceptors (Lipinski definition) is 7. The van der Waals surface area contributed by atoms with Crippen molar-refractivity contribution in [3.63, 3.8) is 0 Å². The van der Waals surface area contributed by atoms with Crippen LogP contribution in [0.1, 0.15) is 46.5 Å². The maximum absolute atomic E-state index is 11.6. The maximum Gasteiger partial charge on any atom is 0.315 e. The molecule has 7 heteroatoms. The fourth-order valence-electron chi connectivity index (χ4n) is 5.27. The second-order valence-corrected chi connectivity index (χ2v) is 9.25. The summed E-state index contributed by atoms with van der Waals surface area (Å²) < 4.78 is 17.4. The van der Waals surface area contributed by atoms with Crippen LogP contribution in [0.5, 0.6) is 0 Å². The molecular weight excluding hydrogens is 344 g/mol. The Morgan fingerprint density at radius 1 is 1.20 bits per heavy atom. The van der Waals surface area contributed by atoms with Crippen LogP contribution in [0.3, 0.4) is 0 Å². The van der Waals surface area contributed by atoms with E-state index in [4.69, 9.17) is 24.0 Å². The van der Waals surface area contributed by atoms with Crippen LogP contribution in [-0.2, 0) is 28.8 Å². The van der Waals surface area contributed by atoms with E-state index in [1.807, 2.05) is 6.92 Å².